The van der Waals surface area contributed by atoms with Crippen molar-refractivity contribution in [3.63, 3.8) is 0 Å². The highest BCUT2D eigenvalue weighted by Gasteiger charge is 2.47. The second kappa shape index (κ2) is 8.58. The van der Waals surface area contributed by atoms with Gasteiger partial charge in [0.15, 0.2) is 11.6 Å². The van der Waals surface area contributed by atoms with Crippen molar-refractivity contribution < 1.29 is 9.59 Å². The van der Waals surface area contributed by atoms with Crippen LogP contribution in [0.2, 0.25) is 0 Å². The van der Waals surface area contributed by atoms with Crippen LogP contribution in [0.4, 0.5) is 17.3 Å². The van der Waals surface area contributed by atoms with Gasteiger partial charge in [0.2, 0.25) is 17.0 Å². The number of hydrogen-bond acceptors (Lipinski definition) is 7. The van der Waals surface area contributed by atoms with Gasteiger partial charge in [0.1, 0.15) is 5.52 Å². The van der Waals surface area contributed by atoms with E-state index in [2.05, 4.69) is 36.2 Å². The second-order valence-corrected chi connectivity index (χ2v) is 8.86. The Morgan fingerprint density at radius 1 is 1.15 bits per heavy atom. The number of H-pyrrole nitrogens is 1. The third-order valence-corrected chi connectivity index (χ3v) is 6.23. The minimum Gasteiger partial charge on any atom is -0.359 e. The van der Waals surface area contributed by atoms with Crippen molar-refractivity contribution >= 4 is 46.4 Å². The van der Waals surface area contributed by atoms with Gasteiger partial charge in [0, 0.05) is 35.6 Å². The predicted octanol–water partition coefficient (Wildman–Crippen LogP) is 2.98. The van der Waals surface area contributed by atoms with Gasteiger partial charge in [-0.05, 0) is 61.5 Å². The fourth-order valence-corrected chi connectivity index (χ4v) is 4.31. The van der Waals surface area contributed by atoms with E-state index in [4.69, 9.17) is 0 Å². The molecule has 0 radical (unpaired) electrons. The molecule has 10 nitrogen and oxygen atoms in total. The van der Waals surface area contributed by atoms with Crippen LogP contribution in [0.15, 0.2) is 58.7 Å². The molecule has 0 spiro atoms. The number of aryl methyl sites for hydroxylation is 1. The van der Waals surface area contributed by atoms with Gasteiger partial charge in [0.25, 0.3) is 0 Å². The summed E-state index contributed by atoms with van der Waals surface area (Å²) in [6, 6.07) is 13.2. The van der Waals surface area contributed by atoms with E-state index in [1.54, 1.807) is 11.6 Å². The Morgan fingerprint density at radius 2 is 1.94 bits per heavy atom. The first-order valence-corrected chi connectivity index (χ1v) is 11.3. The van der Waals surface area contributed by atoms with Crippen LogP contribution in [0.3, 0.4) is 0 Å². The van der Waals surface area contributed by atoms with Crippen LogP contribution in [0.25, 0.3) is 5.52 Å². The zero-order valence-electron chi connectivity index (χ0n) is 18.0. The summed E-state index contributed by atoms with van der Waals surface area (Å²) in [5.41, 5.74) is 2.48. The van der Waals surface area contributed by atoms with Crippen LogP contribution in [0.1, 0.15) is 12.1 Å². The molecular formula is C22H22N8O2S. The first kappa shape index (κ1) is 21.0. The third kappa shape index (κ3) is 4.53. The minimum atomic E-state index is -0.259. The van der Waals surface area contributed by atoms with Crippen LogP contribution >= 0.6 is 11.8 Å². The number of fused-ring (bicyclic) bond motifs is 1. The molecule has 3 heterocycles. The molecule has 2 atom stereocenters. The lowest BCUT2D eigenvalue weighted by atomic mass is 10.2. The summed E-state index contributed by atoms with van der Waals surface area (Å²) in [5, 5.41) is 21.0. The maximum Gasteiger partial charge on any atom is 0.228 e. The molecule has 0 bridgehead atoms. The molecule has 1 aliphatic carbocycles. The largest absolute Gasteiger partial charge is 0.359 e. The highest BCUT2D eigenvalue weighted by Crippen LogP contribution is 2.39. The van der Waals surface area contributed by atoms with Gasteiger partial charge in [-0.25, -0.2) is 9.50 Å². The normalized spacial score (nSPS) is 17.0. The monoisotopic (exact) mass is 462 g/mol. The number of benzene rings is 1. The number of amides is 2. The van der Waals surface area contributed by atoms with E-state index in [-0.39, 0.29) is 23.7 Å². The minimum absolute atomic E-state index is 0.0853. The molecule has 0 aliphatic heterocycles. The number of nitrogens with zero attached hydrogens (tertiary/aromatic N) is 4. The lowest BCUT2D eigenvalue weighted by Gasteiger charge is -2.09. The fourth-order valence-electron chi connectivity index (χ4n) is 3.56. The summed E-state index contributed by atoms with van der Waals surface area (Å²) >= 11 is 1.41. The quantitative estimate of drug-likeness (QED) is 0.332. The zero-order chi connectivity index (χ0) is 22.9. The molecule has 1 aromatic carbocycles. The Bertz CT molecular complexity index is 1330. The molecule has 0 saturated heterocycles. The Hall–Kier alpha value is -3.86. The third-order valence-electron chi connectivity index (χ3n) is 5.37. The number of aromatic amines is 1. The molecule has 2 amide bonds. The lowest BCUT2D eigenvalue weighted by molar-refractivity contribution is -0.124. The van der Waals surface area contributed by atoms with E-state index in [1.807, 2.05) is 55.6 Å². The van der Waals surface area contributed by atoms with Gasteiger partial charge in [0.05, 0.1) is 11.8 Å². The zero-order valence-corrected chi connectivity index (χ0v) is 18.8. The lowest BCUT2D eigenvalue weighted by Crippen LogP contribution is -2.23. The van der Waals surface area contributed by atoms with Crippen LogP contribution < -0.4 is 16.0 Å². The number of aromatic nitrogens is 5. The summed E-state index contributed by atoms with van der Waals surface area (Å²) in [6.45, 7) is 1.93. The van der Waals surface area contributed by atoms with E-state index in [1.165, 1.54) is 11.8 Å². The van der Waals surface area contributed by atoms with Gasteiger partial charge in [-0.1, -0.05) is 0 Å². The van der Waals surface area contributed by atoms with E-state index < -0.39 is 0 Å². The summed E-state index contributed by atoms with van der Waals surface area (Å²) < 4.78 is 1.77. The Morgan fingerprint density at radius 3 is 2.67 bits per heavy atom. The van der Waals surface area contributed by atoms with Crippen molar-refractivity contribution in [1.29, 1.82) is 0 Å². The molecule has 4 aromatic rings. The van der Waals surface area contributed by atoms with Crippen molar-refractivity contribution in [2.75, 3.05) is 17.7 Å². The van der Waals surface area contributed by atoms with Crippen LogP contribution in [0, 0.1) is 18.8 Å². The summed E-state index contributed by atoms with van der Waals surface area (Å²) in [5.74, 6) is 0.638. The molecule has 1 aliphatic rings. The summed E-state index contributed by atoms with van der Waals surface area (Å²) in [4.78, 5) is 29.6. The molecule has 4 N–H and O–H groups in total. The number of nitrogens with one attached hydrogen (secondary N) is 4. The van der Waals surface area contributed by atoms with Gasteiger partial charge in [-0.15, -0.1) is 5.10 Å². The Balaban J connectivity index is 1.28. The predicted molar refractivity (Wildman–Crippen MR) is 124 cm³/mol. The van der Waals surface area contributed by atoms with E-state index in [0.29, 0.717) is 28.9 Å². The molecule has 3 aromatic heterocycles. The average molecular weight is 463 g/mol. The summed E-state index contributed by atoms with van der Waals surface area (Å²) in [6.07, 6.45) is 2.46. The number of hydrogen-bond donors (Lipinski definition) is 4. The van der Waals surface area contributed by atoms with Gasteiger partial charge in [-0.3, -0.25) is 14.7 Å². The number of carbonyl (C=O) groups is 2. The van der Waals surface area contributed by atoms with E-state index >= 15 is 0 Å². The highest BCUT2D eigenvalue weighted by atomic mass is 32.2. The average Bonchev–Trinajstić information content (AvgIpc) is 3.29. The Labute approximate surface area is 193 Å². The van der Waals surface area contributed by atoms with Crippen LogP contribution in [0.5, 0.6) is 0 Å². The molecule has 1 fully saturated rings. The smallest absolute Gasteiger partial charge is 0.228 e. The van der Waals surface area contributed by atoms with E-state index in [0.717, 1.165) is 16.1 Å². The van der Waals surface area contributed by atoms with Gasteiger partial charge in [-0.2, -0.15) is 5.10 Å². The van der Waals surface area contributed by atoms with Crippen molar-refractivity contribution in [2.24, 2.45) is 11.8 Å². The molecule has 168 valence electrons. The van der Waals surface area contributed by atoms with E-state index in [9.17, 15) is 9.59 Å². The van der Waals surface area contributed by atoms with Gasteiger partial charge >= 0.3 is 0 Å². The molecule has 33 heavy (non-hydrogen) atoms. The second-order valence-electron chi connectivity index (χ2n) is 7.82. The number of carbonyl (C=O) groups excluding carboxylic acids is 2. The maximum absolute atomic E-state index is 12.3. The Kier molecular flexibility index (Phi) is 5.47. The highest BCUT2D eigenvalue weighted by molar-refractivity contribution is 7.99. The van der Waals surface area contributed by atoms with Crippen LogP contribution in [-0.4, -0.2) is 43.7 Å². The van der Waals surface area contributed by atoms with Crippen molar-refractivity contribution in [2.45, 2.75) is 23.4 Å². The first-order valence-electron chi connectivity index (χ1n) is 10.4. The number of anilines is 3. The van der Waals surface area contributed by atoms with Crippen molar-refractivity contribution in [1.82, 2.24) is 30.1 Å². The standard InChI is InChI=1S/C22H22N8O2S/c1-12-10-18(28-27-12)25-19-17-4-3-9-30(17)29-22(26-19)33-14-7-5-13(6-8-14)24-21(32)16-11-15(16)20(31)23-2/h3-10,15-16H,11H2,1-2H3,(H,23,31)(H,24,32)(H2,25,26,27,28,29)/t15-,16+/m0/s1. The molecule has 1 saturated carbocycles. The van der Waals surface area contributed by atoms with Crippen LogP contribution in [-0.2, 0) is 9.59 Å². The topological polar surface area (TPSA) is 129 Å². The number of rotatable bonds is 7. The molecule has 5 rings (SSSR count). The maximum atomic E-state index is 12.3. The van der Waals surface area contributed by atoms with Gasteiger partial charge < -0.3 is 16.0 Å². The molecular weight excluding hydrogens is 440 g/mol. The fraction of sp³-hybridized carbons (Fsp3) is 0.227. The molecule has 11 heteroatoms. The molecule has 0 unspecified atom stereocenters. The first-order chi connectivity index (χ1) is 16.0. The summed E-state index contributed by atoms with van der Waals surface area (Å²) in [7, 11) is 1.58. The SMILES string of the molecule is CNC(=O)[C@H]1C[C@H]1C(=O)Nc1ccc(Sc2nc(Nc3cc(C)[nH]n3)c3cccn3n2)cc1. The van der Waals surface area contributed by atoms with Crippen molar-refractivity contribution in [3.8, 4) is 0 Å². The van der Waals surface area contributed by atoms with Crippen molar-refractivity contribution in [3.05, 3.63) is 54.4 Å².